The molecule has 1 aromatic carbocycles. The fourth-order valence-corrected chi connectivity index (χ4v) is 3.09. The molecule has 0 unspecified atom stereocenters. The quantitative estimate of drug-likeness (QED) is 0.828. The maximum Gasteiger partial charge on any atom is 0.216 e. The van der Waals surface area contributed by atoms with Crippen molar-refractivity contribution in [3.05, 3.63) is 28.2 Å². The van der Waals surface area contributed by atoms with Gasteiger partial charge in [0.05, 0.1) is 0 Å². The van der Waals surface area contributed by atoms with Gasteiger partial charge in [0.15, 0.2) is 0 Å². The first-order valence-corrected chi connectivity index (χ1v) is 7.84. The highest BCUT2D eigenvalue weighted by Gasteiger charge is 2.19. The molecule has 0 aromatic heterocycles. The third-order valence-corrected chi connectivity index (χ3v) is 4.56. The molecule has 5 heteroatoms. The normalized spacial score (nSPS) is 17.1. The Labute approximate surface area is 128 Å². The molecule has 2 rings (SSSR count). The topological polar surface area (TPSA) is 58.4 Å². The number of halogens is 1. The van der Waals surface area contributed by atoms with Gasteiger partial charge in [-0.1, -0.05) is 22.0 Å². The summed E-state index contributed by atoms with van der Waals surface area (Å²) < 4.78 is 1.08. The average molecular weight is 340 g/mol. The minimum atomic E-state index is 0.0678. The summed E-state index contributed by atoms with van der Waals surface area (Å²) in [7, 11) is 0. The van der Waals surface area contributed by atoms with E-state index in [1.807, 2.05) is 12.1 Å². The van der Waals surface area contributed by atoms with Crippen LogP contribution in [0.3, 0.4) is 0 Å². The van der Waals surface area contributed by atoms with Gasteiger partial charge in [-0.3, -0.25) is 9.69 Å². The molecule has 1 heterocycles. The Kier molecular flexibility index (Phi) is 5.43. The number of hydrogen-bond acceptors (Lipinski definition) is 3. The first kappa shape index (κ1) is 15.3. The number of nitrogens with one attached hydrogen (secondary N) is 1. The third kappa shape index (κ3) is 4.49. The van der Waals surface area contributed by atoms with Gasteiger partial charge in [-0.25, -0.2) is 0 Å². The van der Waals surface area contributed by atoms with Crippen molar-refractivity contribution >= 4 is 27.5 Å². The summed E-state index contributed by atoms with van der Waals surface area (Å²) in [6.45, 7) is 5.51. The summed E-state index contributed by atoms with van der Waals surface area (Å²) in [5, 5.41) is 2.92. The SMILES string of the molecule is CC(=O)NCC1CCN(Cc2ccc(N)cc2Br)CC1. The zero-order valence-electron chi connectivity index (χ0n) is 11.9. The average Bonchev–Trinajstić information content (AvgIpc) is 2.41. The highest BCUT2D eigenvalue weighted by Crippen LogP contribution is 2.24. The Morgan fingerprint density at radius 1 is 1.45 bits per heavy atom. The molecule has 1 aromatic rings. The second kappa shape index (κ2) is 7.09. The van der Waals surface area contributed by atoms with E-state index >= 15 is 0 Å². The van der Waals surface area contributed by atoms with Gasteiger partial charge >= 0.3 is 0 Å². The van der Waals surface area contributed by atoms with Crippen molar-refractivity contribution in [2.75, 3.05) is 25.4 Å². The molecule has 1 aliphatic rings. The Hall–Kier alpha value is -1.07. The van der Waals surface area contributed by atoms with E-state index in [0.29, 0.717) is 5.92 Å². The highest BCUT2D eigenvalue weighted by atomic mass is 79.9. The van der Waals surface area contributed by atoms with Gasteiger partial charge < -0.3 is 11.1 Å². The van der Waals surface area contributed by atoms with Crippen LogP contribution in [0.2, 0.25) is 0 Å². The van der Waals surface area contributed by atoms with Crippen LogP contribution in [-0.2, 0) is 11.3 Å². The van der Waals surface area contributed by atoms with E-state index in [2.05, 4.69) is 32.2 Å². The molecule has 0 bridgehead atoms. The van der Waals surface area contributed by atoms with Gasteiger partial charge in [-0.15, -0.1) is 0 Å². The molecule has 3 N–H and O–H groups in total. The van der Waals surface area contributed by atoms with Crippen molar-refractivity contribution in [3.8, 4) is 0 Å². The number of amides is 1. The molecule has 1 amide bonds. The van der Waals surface area contributed by atoms with Gasteiger partial charge in [0.2, 0.25) is 5.91 Å². The number of carbonyl (C=O) groups is 1. The van der Waals surface area contributed by atoms with Crippen LogP contribution >= 0.6 is 15.9 Å². The molecule has 0 saturated carbocycles. The van der Waals surface area contributed by atoms with E-state index in [-0.39, 0.29) is 5.91 Å². The summed E-state index contributed by atoms with van der Waals surface area (Å²) in [6, 6.07) is 5.99. The second-order valence-corrected chi connectivity index (χ2v) is 6.36. The van der Waals surface area contributed by atoms with Crippen molar-refractivity contribution in [1.29, 1.82) is 0 Å². The third-order valence-electron chi connectivity index (χ3n) is 3.82. The number of hydrogen-bond donors (Lipinski definition) is 2. The van der Waals surface area contributed by atoms with E-state index in [9.17, 15) is 4.79 Å². The molecule has 1 aliphatic heterocycles. The molecule has 1 fully saturated rings. The number of benzene rings is 1. The number of rotatable bonds is 4. The number of nitrogens with two attached hydrogens (primary N) is 1. The van der Waals surface area contributed by atoms with Crippen molar-refractivity contribution in [2.24, 2.45) is 5.92 Å². The fourth-order valence-electron chi connectivity index (χ4n) is 2.57. The van der Waals surface area contributed by atoms with Gasteiger partial charge in [0.1, 0.15) is 0 Å². The van der Waals surface area contributed by atoms with E-state index in [0.717, 1.165) is 49.2 Å². The lowest BCUT2D eigenvalue weighted by Gasteiger charge is -2.32. The van der Waals surface area contributed by atoms with Crippen LogP contribution in [-0.4, -0.2) is 30.4 Å². The summed E-state index contributed by atoms with van der Waals surface area (Å²) in [5.41, 5.74) is 7.82. The smallest absolute Gasteiger partial charge is 0.216 e. The molecule has 0 aliphatic carbocycles. The molecular weight excluding hydrogens is 318 g/mol. The van der Waals surface area contributed by atoms with Crippen LogP contribution in [0.1, 0.15) is 25.3 Å². The Morgan fingerprint density at radius 2 is 2.15 bits per heavy atom. The van der Waals surface area contributed by atoms with E-state index < -0.39 is 0 Å². The first-order chi connectivity index (χ1) is 9.54. The van der Waals surface area contributed by atoms with Gasteiger partial charge in [0, 0.05) is 30.2 Å². The summed E-state index contributed by atoms with van der Waals surface area (Å²) in [6.07, 6.45) is 2.29. The van der Waals surface area contributed by atoms with E-state index in [1.165, 1.54) is 5.56 Å². The largest absolute Gasteiger partial charge is 0.399 e. The first-order valence-electron chi connectivity index (χ1n) is 7.05. The molecule has 0 spiro atoms. The fraction of sp³-hybridized carbons (Fsp3) is 0.533. The van der Waals surface area contributed by atoms with Crippen molar-refractivity contribution < 1.29 is 4.79 Å². The lowest BCUT2D eigenvalue weighted by atomic mass is 9.96. The minimum absolute atomic E-state index is 0.0678. The van der Waals surface area contributed by atoms with Crippen LogP contribution in [0.25, 0.3) is 0 Å². The molecule has 0 atom stereocenters. The maximum absolute atomic E-state index is 10.9. The highest BCUT2D eigenvalue weighted by molar-refractivity contribution is 9.10. The molecule has 110 valence electrons. The molecule has 4 nitrogen and oxygen atoms in total. The Bertz CT molecular complexity index is 470. The Morgan fingerprint density at radius 3 is 2.75 bits per heavy atom. The van der Waals surface area contributed by atoms with E-state index in [4.69, 9.17) is 5.73 Å². The Balaban J connectivity index is 1.80. The minimum Gasteiger partial charge on any atom is -0.399 e. The molecule has 20 heavy (non-hydrogen) atoms. The van der Waals surface area contributed by atoms with Crippen molar-refractivity contribution in [1.82, 2.24) is 10.2 Å². The molecule has 0 radical (unpaired) electrons. The zero-order valence-corrected chi connectivity index (χ0v) is 13.4. The summed E-state index contributed by atoms with van der Waals surface area (Å²) >= 11 is 3.57. The van der Waals surface area contributed by atoms with Crippen LogP contribution < -0.4 is 11.1 Å². The van der Waals surface area contributed by atoms with Crippen LogP contribution in [0.4, 0.5) is 5.69 Å². The second-order valence-electron chi connectivity index (χ2n) is 5.51. The van der Waals surface area contributed by atoms with E-state index in [1.54, 1.807) is 6.92 Å². The monoisotopic (exact) mass is 339 g/mol. The van der Waals surface area contributed by atoms with Crippen LogP contribution in [0.5, 0.6) is 0 Å². The number of nitrogen functional groups attached to an aromatic ring is 1. The maximum atomic E-state index is 10.9. The number of anilines is 1. The predicted molar refractivity (Wildman–Crippen MR) is 85.2 cm³/mol. The molecule has 1 saturated heterocycles. The van der Waals surface area contributed by atoms with Crippen LogP contribution in [0.15, 0.2) is 22.7 Å². The lowest BCUT2D eigenvalue weighted by molar-refractivity contribution is -0.119. The van der Waals surface area contributed by atoms with Gasteiger partial charge in [0.25, 0.3) is 0 Å². The number of piperidine rings is 1. The summed E-state index contributed by atoms with van der Waals surface area (Å²) in [4.78, 5) is 13.4. The van der Waals surface area contributed by atoms with Crippen molar-refractivity contribution in [2.45, 2.75) is 26.3 Å². The van der Waals surface area contributed by atoms with Gasteiger partial charge in [-0.05, 0) is 49.5 Å². The summed E-state index contributed by atoms with van der Waals surface area (Å²) in [5.74, 6) is 0.684. The number of nitrogens with zero attached hydrogens (tertiary/aromatic N) is 1. The number of carbonyl (C=O) groups excluding carboxylic acids is 1. The lowest BCUT2D eigenvalue weighted by Crippen LogP contribution is -2.37. The predicted octanol–water partition coefficient (Wildman–Crippen LogP) is 2.38. The molecular formula is C15H22BrN3O. The van der Waals surface area contributed by atoms with Gasteiger partial charge in [-0.2, -0.15) is 0 Å². The van der Waals surface area contributed by atoms with Crippen LogP contribution in [0, 0.1) is 5.92 Å². The van der Waals surface area contributed by atoms with Crippen molar-refractivity contribution in [3.63, 3.8) is 0 Å². The zero-order chi connectivity index (χ0) is 14.5. The standard InChI is InChI=1S/C15H22BrN3O/c1-11(20)18-9-12-4-6-19(7-5-12)10-13-2-3-14(17)8-15(13)16/h2-3,8,12H,4-7,9-10,17H2,1H3,(H,18,20). The number of likely N-dealkylation sites (tertiary alicyclic amines) is 1.